The van der Waals surface area contributed by atoms with E-state index in [-0.39, 0.29) is 17.9 Å². The first-order valence-electron chi connectivity index (χ1n) is 9.70. The molecule has 2 aliphatic rings. The van der Waals surface area contributed by atoms with Gasteiger partial charge in [0.1, 0.15) is 11.6 Å². The highest BCUT2D eigenvalue weighted by molar-refractivity contribution is 8.01. The van der Waals surface area contributed by atoms with Crippen molar-refractivity contribution in [1.29, 1.82) is 0 Å². The molecule has 7 heteroatoms. The summed E-state index contributed by atoms with van der Waals surface area (Å²) in [7, 11) is 2.05. The maximum absolute atomic E-state index is 14.8. The minimum absolute atomic E-state index is 0.0743. The predicted octanol–water partition coefficient (Wildman–Crippen LogP) is 4.80. The van der Waals surface area contributed by atoms with E-state index in [4.69, 9.17) is 0 Å². The molecule has 30 heavy (non-hydrogen) atoms. The molecule has 0 bridgehead atoms. The molecule has 1 aliphatic heterocycles. The molecular formula is C23H22F2N2O2S. The number of carboxylic acid groups (broad SMARTS) is 1. The van der Waals surface area contributed by atoms with Gasteiger partial charge in [0, 0.05) is 29.1 Å². The second-order valence-electron chi connectivity index (χ2n) is 7.70. The topological polar surface area (TPSA) is 52.6 Å². The van der Waals surface area contributed by atoms with Crippen LogP contribution >= 0.6 is 11.9 Å². The monoisotopic (exact) mass is 428 g/mol. The van der Waals surface area contributed by atoms with E-state index in [2.05, 4.69) is 16.5 Å². The second-order valence-corrected chi connectivity index (χ2v) is 8.61. The number of carboxylic acids is 1. The van der Waals surface area contributed by atoms with Gasteiger partial charge in [-0.25, -0.2) is 13.6 Å². The van der Waals surface area contributed by atoms with Crippen molar-refractivity contribution in [3.8, 4) is 0 Å². The number of rotatable bonds is 3. The zero-order valence-corrected chi connectivity index (χ0v) is 17.5. The standard InChI is InChI=1S/C23H22F2N2O2S/c1-13-12-27(2)21-10-17(15-5-3-4-6-19(15)24)16(11-22(21)30-26-13)14-7-8-20(25)18(9-14)23(28)29/h3-9,11,13,21,26H,10,12H2,1-2H3,(H,28,29)/t13-,21?/m1/s1. The molecule has 156 valence electrons. The van der Waals surface area contributed by atoms with Crippen molar-refractivity contribution in [1.82, 2.24) is 9.62 Å². The number of hydrogen-bond donors (Lipinski definition) is 2. The number of allylic oxidation sites excluding steroid dienone is 2. The summed E-state index contributed by atoms with van der Waals surface area (Å²) < 4.78 is 32.2. The summed E-state index contributed by atoms with van der Waals surface area (Å²) in [6.07, 6.45) is 2.54. The molecule has 2 aromatic rings. The summed E-state index contributed by atoms with van der Waals surface area (Å²) in [5, 5.41) is 9.35. The van der Waals surface area contributed by atoms with Crippen LogP contribution < -0.4 is 4.72 Å². The van der Waals surface area contributed by atoms with Gasteiger partial charge in [0.05, 0.1) is 5.56 Å². The summed E-state index contributed by atoms with van der Waals surface area (Å²) in [5.41, 5.74) is 2.13. The molecule has 2 atom stereocenters. The Hall–Kier alpha value is -2.48. The fourth-order valence-corrected chi connectivity index (χ4v) is 5.03. The van der Waals surface area contributed by atoms with E-state index in [0.29, 0.717) is 23.1 Å². The number of fused-ring (bicyclic) bond motifs is 1. The van der Waals surface area contributed by atoms with Gasteiger partial charge in [-0.15, -0.1) is 0 Å². The fourth-order valence-electron chi connectivity index (χ4n) is 4.04. The summed E-state index contributed by atoms with van der Waals surface area (Å²) in [4.78, 5) is 14.8. The Morgan fingerprint density at radius 2 is 1.97 bits per heavy atom. The van der Waals surface area contributed by atoms with Gasteiger partial charge in [0.2, 0.25) is 0 Å². The molecule has 0 saturated carbocycles. The van der Waals surface area contributed by atoms with Crippen LogP contribution in [0.4, 0.5) is 8.78 Å². The highest BCUT2D eigenvalue weighted by atomic mass is 32.2. The largest absolute Gasteiger partial charge is 0.478 e. The number of halogens is 2. The van der Waals surface area contributed by atoms with Gasteiger partial charge in [-0.3, -0.25) is 9.62 Å². The summed E-state index contributed by atoms with van der Waals surface area (Å²) >= 11 is 1.54. The average Bonchev–Trinajstić information content (AvgIpc) is 2.85. The number of likely N-dealkylation sites (N-methyl/N-ethyl adjacent to an activating group) is 1. The number of carbonyl (C=O) groups is 1. The van der Waals surface area contributed by atoms with E-state index in [1.807, 2.05) is 13.1 Å². The van der Waals surface area contributed by atoms with E-state index in [1.54, 1.807) is 36.2 Å². The lowest BCUT2D eigenvalue weighted by Gasteiger charge is -2.32. The number of benzene rings is 2. The minimum Gasteiger partial charge on any atom is -0.478 e. The number of nitrogens with one attached hydrogen (secondary N) is 1. The van der Waals surface area contributed by atoms with E-state index in [0.717, 1.165) is 23.1 Å². The van der Waals surface area contributed by atoms with Gasteiger partial charge in [-0.1, -0.05) is 24.3 Å². The van der Waals surface area contributed by atoms with Crippen molar-refractivity contribution in [2.24, 2.45) is 0 Å². The maximum Gasteiger partial charge on any atom is 0.338 e. The van der Waals surface area contributed by atoms with Gasteiger partial charge in [-0.2, -0.15) is 0 Å². The Balaban J connectivity index is 1.91. The van der Waals surface area contributed by atoms with Crippen LogP contribution in [0, 0.1) is 11.6 Å². The molecule has 2 aromatic carbocycles. The fraction of sp³-hybridized carbons (Fsp3) is 0.261. The van der Waals surface area contributed by atoms with Crippen molar-refractivity contribution in [2.45, 2.75) is 25.4 Å². The Labute approximate surface area is 178 Å². The molecule has 4 nitrogen and oxygen atoms in total. The third-order valence-electron chi connectivity index (χ3n) is 5.52. The van der Waals surface area contributed by atoms with Crippen LogP contribution in [0.25, 0.3) is 11.1 Å². The molecule has 4 rings (SSSR count). The lowest BCUT2D eigenvalue weighted by molar-refractivity contribution is 0.0692. The zero-order chi connectivity index (χ0) is 21.4. The summed E-state index contributed by atoms with van der Waals surface area (Å²) in [6.45, 7) is 2.95. The molecule has 1 heterocycles. The lowest BCUT2D eigenvalue weighted by Crippen LogP contribution is -2.37. The molecule has 1 fully saturated rings. The normalized spacial score (nSPS) is 22.3. The molecule has 1 aliphatic carbocycles. The predicted molar refractivity (Wildman–Crippen MR) is 116 cm³/mol. The zero-order valence-electron chi connectivity index (χ0n) is 16.7. The number of aromatic carboxylic acids is 1. The third kappa shape index (κ3) is 3.93. The Kier molecular flexibility index (Phi) is 5.77. The molecule has 1 saturated heterocycles. The third-order valence-corrected chi connectivity index (χ3v) is 6.66. The van der Waals surface area contributed by atoms with Crippen LogP contribution in [0.3, 0.4) is 0 Å². The van der Waals surface area contributed by atoms with Gasteiger partial charge in [0.15, 0.2) is 0 Å². The first kappa shape index (κ1) is 20.8. The number of hydrogen-bond acceptors (Lipinski definition) is 4. The quantitative estimate of drug-likeness (QED) is 0.688. The van der Waals surface area contributed by atoms with Gasteiger partial charge < -0.3 is 5.11 Å². The van der Waals surface area contributed by atoms with Crippen molar-refractivity contribution in [2.75, 3.05) is 13.6 Å². The van der Waals surface area contributed by atoms with E-state index >= 15 is 0 Å². The smallest absolute Gasteiger partial charge is 0.338 e. The average molecular weight is 429 g/mol. The molecule has 0 radical (unpaired) electrons. The van der Waals surface area contributed by atoms with Crippen LogP contribution in [0.5, 0.6) is 0 Å². The Morgan fingerprint density at radius 3 is 2.70 bits per heavy atom. The van der Waals surface area contributed by atoms with E-state index < -0.39 is 17.3 Å². The first-order valence-corrected chi connectivity index (χ1v) is 10.5. The molecular weight excluding hydrogens is 406 g/mol. The molecule has 0 aromatic heterocycles. The lowest BCUT2D eigenvalue weighted by atomic mass is 9.84. The molecule has 0 amide bonds. The van der Waals surface area contributed by atoms with Crippen LogP contribution in [0.15, 0.2) is 53.4 Å². The van der Waals surface area contributed by atoms with E-state index in [9.17, 15) is 18.7 Å². The van der Waals surface area contributed by atoms with Gasteiger partial charge >= 0.3 is 5.97 Å². The highest BCUT2D eigenvalue weighted by Crippen LogP contribution is 2.43. The maximum atomic E-state index is 14.8. The Bertz CT molecular complexity index is 1070. The first-order chi connectivity index (χ1) is 14.3. The van der Waals surface area contributed by atoms with Crippen LogP contribution in [0.1, 0.15) is 34.8 Å². The van der Waals surface area contributed by atoms with Crippen LogP contribution in [-0.2, 0) is 0 Å². The molecule has 2 N–H and O–H groups in total. The van der Waals surface area contributed by atoms with Crippen molar-refractivity contribution in [3.63, 3.8) is 0 Å². The summed E-state index contributed by atoms with van der Waals surface area (Å²) in [6, 6.07) is 11.0. The SMILES string of the molecule is C[C@@H]1CN(C)C2CC(c3ccccc3F)=C(c3ccc(F)c(C(=O)O)c3)C=C2SN1. The Morgan fingerprint density at radius 1 is 1.20 bits per heavy atom. The highest BCUT2D eigenvalue weighted by Gasteiger charge is 2.32. The molecule has 0 spiro atoms. The second kappa shape index (κ2) is 8.34. The van der Waals surface area contributed by atoms with Crippen molar-refractivity contribution >= 4 is 29.1 Å². The van der Waals surface area contributed by atoms with Crippen molar-refractivity contribution in [3.05, 3.63) is 81.8 Å². The van der Waals surface area contributed by atoms with Gasteiger partial charge in [-0.05, 0) is 73.3 Å². The van der Waals surface area contributed by atoms with Crippen molar-refractivity contribution < 1.29 is 18.7 Å². The van der Waals surface area contributed by atoms with E-state index in [1.165, 1.54) is 12.1 Å². The number of nitrogens with zero attached hydrogens (tertiary/aromatic N) is 1. The van der Waals surface area contributed by atoms with Crippen LogP contribution in [-0.4, -0.2) is 41.7 Å². The van der Waals surface area contributed by atoms with Crippen LogP contribution in [0.2, 0.25) is 0 Å². The van der Waals surface area contributed by atoms with Gasteiger partial charge in [0.25, 0.3) is 0 Å². The minimum atomic E-state index is -1.33. The summed E-state index contributed by atoms with van der Waals surface area (Å²) in [5.74, 6) is -2.46. The molecule has 1 unspecified atom stereocenters.